The van der Waals surface area contributed by atoms with Crippen LogP contribution >= 0.6 is 0 Å². The molecule has 0 bridgehead atoms. The molecule has 0 N–H and O–H groups in total. The summed E-state index contributed by atoms with van der Waals surface area (Å²) in [6, 6.07) is 0.0738. The van der Waals surface area contributed by atoms with E-state index in [1.165, 1.54) is 31.6 Å². The van der Waals surface area contributed by atoms with Crippen molar-refractivity contribution in [1.82, 2.24) is 4.90 Å². The quantitative estimate of drug-likeness (QED) is 0.541. The highest BCUT2D eigenvalue weighted by Crippen LogP contribution is 2.19. The Morgan fingerprint density at radius 3 is 2.50 bits per heavy atom. The number of piperidine rings is 1. The van der Waals surface area contributed by atoms with E-state index < -0.39 is 0 Å². The van der Waals surface area contributed by atoms with Crippen molar-refractivity contribution < 1.29 is 4.74 Å². The molecule has 0 radical (unpaired) electrons. The smallest absolute Gasteiger partial charge is 0.113 e. The average Bonchev–Trinajstić information content (AvgIpc) is 2.28. The van der Waals surface area contributed by atoms with Crippen molar-refractivity contribution in [3.8, 4) is 0 Å². The number of methoxy groups -OCH3 is 1. The van der Waals surface area contributed by atoms with Gasteiger partial charge in [-0.3, -0.25) is 4.99 Å². The minimum absolute atomic E-state index is 0.0738. The van der Waals surface area contributed by atoms with Crippen LogP contribution in [0.1, 0.15) is 26.7 Å². The molecule has 16 heavy (non-hydrogen) atoms. The lowest BCUT2D eigenvalue weighted by Crippen LogP contribution is -2.33. The van der Waals surface area contributed by atoms with Crippen molar-refractivity contribution in [3.63, 3.8) is 0 Å². The van der Waals surface area contributed by atoms with E-state index in [2.05, 4.69) is 30.4 Å². The van der Waals surface area contributed by atoms with E-state index >= 15 is 0 Å². The van der Waals surface area contributed by atoms with E-state index in [1.54, 1.807) is 7.11 Å². The summed E-state index contributed by atoms with van der Waals surface area (Å²) in [7, 11) is 3.83. The summed E-state index contributed by atoms with van der Waals surface area (Å²) in [6.07, 6.45) is 2.44. The van der Waals surface area contributed by atoms with Gasteiger partial charge in [-0.05, 0) is 52.7 Å². The van der Waals surface area contributed by atoms with Crippen LogP contribution in [0.2, 0.25) is 0 Å². The molecule has 92 valence electrons. The molecule has 0 aromatic carbocycles. The first-order valence-corrected chi connectivity index (χ1v) is 6.00. The molecular weight excluding hydrogens is 200 g/mol. The van der Waals surface area contributed by atoms with Crippen LogP contribution in [-0.4, -0.2) is 43.9 Å². The third kappa shape index (κ3) is 3.63. The standard InChI is InChI=1S/C13H24N2O/c1-10(12(3)16-5)14-11(2)13-6-8-15(4)9-7-13/h10,13H,3,6-9H2,1-2,4-5H3. The second kappa shape index (κ2) is 6.04. The monoisotopic (exact) mass is 224 g/mol. The molecule has 3 nitrogen and oxygen atoms in total. The van der Waals surface area contributed by atoms with Crippen LogP contribution < -0.4 is 0 Å². The molecule has 1 unspecified atom stereocenters. The lowest BCUT2D eigenvalue weighted by atomic mass is 9.93. The fraction of sp³-hybridized carbons (Fsp3) is 0.769. The van der Waals surface area contributed by atoms with Crippen LogP contribution in [0, 0.1) is 5.92 Å². The normalized spacial score (nSPS) is 21.9. The Hall–Kier alpha value is -0.830. The molecular formula is C13H24N2O. The predicted octanol–water partition coefficient (Wildman–Crippen LogP) is 2.34. The second-order valence-corrected chi connectivity index (χ2v) is 4.69. The lowest BCUT2D eigenvalue weighted by Gasteiger charge is -2.29. The average molecular weight is 224 g/mol. The molecule has 1 heterocycles. The highest BCUT2D eigenvalue weighted by Gasteiger charge is 2.19. The molecule has 1 aliphatic heterocycles. The summed E-state index contributed by atoms with van der Waals surface area (Å²) in [4.78, 5) is 7.05. The Balaban J connectivity index is 2.53. The van der Waals surface area contributed by atoms with E-state index in [0.717, 1.165) is 5.76 Å². The minimum atomic E-state index is 0.0738. The highest BCUT2D eigenvalue weighted by atomic mass is 16.5. The summed E-state index contributed by atoms with van der Waals surface area (Å²) in [6.45, 7) is 10.4. The van der Waals surface area contributed by atoms with Crippen molar-refractivity contribution in [2.24, 2.45) is 10.9 Å². The predicted molar refractivity (Wildman–Crippen MR) is 68.9 cm³/mol. The molecule has 1 saturated heterocycles. The van der Waals surface area contributed by atoms with Gasteiger partial charge in [0.05, 0.1) is 7.11 Å². The van der Waals surface area contributed by atoms with Gasteiger partial charge >= 0.3 is 0 Å². The number of rotatable bonds is 4. The van der Waals surface area contributed by atoms with Crippen molar-refractivity contribution in [3.05, 3.63) is 12.3 Å². The van der Waals surface area contributed by atoms with E-state index in [1.807, 2.05) is 6.92 Å². The van der Waals surface area contributed by atoms with Crippen molar-refractivity contribution in [2.75, 3.05) is 27.2 Å². The zero-order valence-corrected chi connectivity index (χ0v) is 11.0. The van der Waals surface area contributed by atoms with E-state index in [9.17, 15) is 0 Å². The Morgan fingerprint density at radius 1 is 1.44 bits per heavy atom. The topological polar surface area (TPSA) is 24.8 Å². The first-order valence-electron chi connectivity index (χ1n) is 6.00. The van der Waals surface area contributed by atoms with Crippen LogP contribution in [0.3, 0.4) is 0 Å². The zero-order chi connectivity index (χ0) is 12.1. The molecule has 0 aromatic heterocycles. The maximum atomic E-state index is 5.11. The fourth-order valence-corrected chi connectivity index (χ4v) is 2.08. The number of aliphatic imine (C=N–C) groups is 1. The van der Waals surface area contributed by atoms with Crippen LogP contribution in [-0.2, 0) is 4.74 Å². The van der Waals surface area contributed by atoms with E-state index in [-0.39, 0.29) is 6.04 Å². The van der Waals surface area contributed by atoms with Crippen LogP contribution in [0.4, 0.5) is 0 Å². The van der Waals surface area contributed by atoms with Gasteiger partial charge in [-0.15, -0.1) is 0 Å². The SMILES string of the molecule is C=C(OC)C(C)N=C(C)C1CCN(C)CC1. The molecule has 1 fully saturated rings. The number of hydrogen-bond donors (Lipinski definition) is 0. The van der Waals surface area contributed by atoms with Crippen LogP contribution in [0.5, 0.6) is 0 Å². The number of ether oxygens (including phenoxy) is 1. The molecule has 1 rings (SSSR count). The third-order valence-corrected chi connectivity index (χ3v) is 3.43. The number of likely N-dealkylation sites (tertiary alicyclic amines) is 1. The summed E-state index contributed by atoms with van der Waals surface area (Å²) in [5.41, 5.74) is 1.25. The van der Waals surface area contributed by atoms with Gasteiger partial charge in [-0.25, -0.2) is 0 Å². The van der Waals surface area contributed by atoms with Crippen molar-refractivity contribution in [2.45, 2.75) is 32.7 Å². The summed E-state index contributed by atoms with van der Waals surface area (Å²) in [5.74, 6) is 1.38. The van der Waals surface area contributed by atoms with Gasteiger partial charge < -0.3 is 9.64 Å². The highest BCUT2D eigenvalue weighted by molar-refractivity contribution is 5.84. The Labute approximate surface area is 99.2 Å². The minimum Gasteiger partial charge on any atom is -0.499 e. The van der Waals surface area contributed by atoms with Gasteiger partial charge in [0, 0.05) is 5.71 Å². The Morgan fingerprint density at radius 2 is 2.00 bits per heavy atom. The summed E-state index contributed by atoms with van der Waals surface area (Å²) in [5, 5.41) is 0. The summed E-state index contributed by atoms with van der Waals surface area (Å²) >= 11 is 0. The van der Waals surface area contributed by atoms with E-state index in [4.69, 9.17) is 4.74 Å². The molecule has 1 aliphatic rings. The second-order valence-electron chi connectivity index (χ2n) is 4.69. The third-order valence-electron chi connectivity index (χ3n) is 3.43. The van der Waals surface area contributed by atoms with Crippen LogP contribution in [0.15, 0.2) is 17.3 Å². The lowest BCUT2D eigenvalue weighted by molar-refractivity contribution is 0.250. The maximum Gasteiger partial charge on any atom is 0.113 e. The Bertz CT molecular complexity index is 265. The van der Waals surface area contributed by atoms with Crippen molar-refractivity contribution in [1.29, 1.82) is 0 Å². The molecule has 0 amide bonds. The fourth-order valence-electron chi connectivity index (χ4n) is 2.08. The molecule has 0 spiro atoms. The van der Waals surface area contributed by atoms with Gasteiger partial charge in [0.15, 0.2) is 0 Å². The van der Waals surface area contributed by atoms with Gasteiger partial charge in [0.2, 0.25) is 0 Å². The van der Waals surface area contributed by atoms with Gasteiger partial charge in [0.25, 0.3) is 0 Å². The van der Waals surface area contributed by atoms with E-state index in [0.29, 0.717) is 5.92 Å². The Kier molecular flexibility index (Phi) is 5.00. The van der Waals surface area contributed by atoms with Gasteiger partial charge in [-0.1, -0.05) is 6.58 Å². The molecule has 0 aliphatic carbocycles. The first-order chi connectivity index (χ1) is 7.54. The molecule has 0 aromatic rings. The van der Waals surface area contributed by atoms with Crippen molar-refractivity contribution >= 4 is 5.71 Å². The maximum absolute atomic E-state index is 5.11. The van der Waals surface area contributed by atoms with Gasteiger partial charge in [-0.2, -0.15) is 0 Å². The number of nitrogens with zero attached hydrogens (tertiary/aromatic N) is 2. The summed E-state index contributed by atoms with van der Waals surface area (Å²) < 4.78 is 5.11. The first kappa shape index (κ1) is 13.2. The van der Waals surface area contributed by atoms with Crippen LogP contribution in [0.25, 0.3) is 0 Å². The molecule has 0 saturated carbocycles. The number of hydrogen-bond acceptors (Lipinski definition) is 3. The molecule has 3 heteroatoms. The zero-order valence-electron chi connectivity index (χ0n) is 11.0. The van der Waals surface area contributed by atoms with Gasteiger partial charge in [0.1, 0.15) is 11.8 Å². The largest absolute Gasteiger partial charge is 0.499 e. The molecule has 1 atom stereocenters.